The van der Waals surface area contributed by atoms with Gasteiger partial charge in [0.25, 0.3) is 0 Å². The van der Waals surface area contributed by atoms with Gasteiger partial charge in [0, 0.05) is 25.0 Å². The van der Waals surface area contributed by atoms with Crippen molar-refractivity contribution in [3.8, 4) is 0 Å². The zero-order chi connectivity index (χ0) is 11.7. The molecule has 0 aliphatic heterocycles. The molecular weight excluding hydrogens is 244 g/mol. The number of rotatable bonds is 9. The van der Waals surface area contributed by atoms with E-state index >= 15 is 0 Å². The highest BCUT2D eigenvalue weighted by Gasteiger charge is 2.47. The van der Waals surface area contributed by atoms with E-state index in [0.29, 0.717) is 19.8 Å². The summed E-state index contributed by atoms with van der Waals surface area (Å²) in [6, 6.07) is 0. The number of allylic oxidation sites excluding steroid dienone is 1. The summed E-state index contributed by atoms with van der Waals surface area (Å²) < 4.78 is 17.3. The first-order valence-electron chi connectivity index (χ1n) is 5.35. The number of hydrogen-bond donors (Lipinski definition) is 1. The Hall–Kier alpha value is 0.404. The van der Waals surface area contributed by atoms with E-state index in [4.69, 9.17) is 13.3 Å². The molecule has 0 radical (unpaired) electrons. The summed E-state index contributed by atoms with van der Waals surface area (Å²) in [5.41, 5.74) is 0. The third-order valence-corrected chi connectivity index (χ3v) is 10.2. The summed E-state index contributed by atoms with van der Waals surface area (Å²) in [4.78, 5) is 0. The number of thiol groups is 1. The smallest absolute Gasteiger partial charge is 0.374 e. The maximum Gasteiger partial charge on any atom is 0.505 e. The van der Waals surface area contributed by atoms with Gasteiger partial charge < -0.3 is 13.3 Å². The molecule has 6 heteroatoms. The molecule has 0 amide bonds. The first kappa shape index (κ1) is 15.4. The number of hydrogen-bond acceptors (Lipinski definition) is 4. The second-order valence-electron chi connectivity index (χ2n) is 2.93. The van der Waals surface area contributed by atoms with Crippen molar-refractivity contribution in [2.45, 2.75) is 25.9 Å². The van der Waals surface area contributed by atoms with Crippen LogP contribution < -0.4 is 0 Å². The molecule has 3 nitrogen and oxygen atoms in total. The minimum atomic E-state index is -2.56. The van der Waals surface area contributed by atoms with Gasteiger partial charge >= 0.3 is 8.80 Å². The summed E-state index contributed by atoms with van der Waals surface area (Å²) in [5.74, 6) is 0. The highest BCUT2D eigenvalue weighted by molar-refractivity contribution is 8.07. The van der Waals surface area contributed by atoms with Gasteiger partial charge in [-0.25, -0.2) is 12.1 Å². The Morgan fingerprint density at radius 2 is 1.60 bits per heavy atom. The Balaban J connectivity index is 4.79. The zero-order valence-corrected chi connectivity index (χ0v) is 13.2. The van der Waals surface area contributed by atoms with Crippen LogP contribution in [0.15, 0.2) is 12.7 Å². The first-order valence-corrected chi connectivity index (χ1v) is 10.5. The van der Waals surface area contributed by atoms with Crippen LogP contribution in [0.1, 0.15) is 20.8 Å². The molecule has 0 aliphatic carbocycles. The van der Waals surface area contributed by atoms with Gasteiger partial charge in [0.2, 0.25) is 0 Å². The summed E-state index contributed by atoms with van der Waals surface area (Å²) in [7, 11) is -3.13. The van der Waals surface area contributed by atoms with Gasteiger partial charge in [0.05, 0.1) is 8.67 Å². The molecule has 0 heterocycles. The van der Waals surface area contributed by atoms with E-state index in [2.05, 4.69) is 18.7 Å². The lowest BCUT2D eigenvalue weighted by Gasteiger charge is -2.32. The van der Waals surface area contributed by atoms with Gasteiger partial charge in [-0.3, -0.25) is 0 Å². The Morgan fingerprint density at radius 3 is 1.80 bits per heavy atom. The molecule has 1 unspecified atom stereocenters. The quantitative estimate of drug-likeness (QED) is 0.390. The van der Waals surface area contributed by atoms with Crippen LogP contribution in [-0.2, 0) is 13.3 Å². The van der Waals surface area contributed by atoms with Crippen LogP contribution in [0, 0.1) is 0 Å². The molecule has 0 aromatic rings. The molecule has 0 aromatic carbocycles. The normalized spacial score (nSPS) is 14.7. The average molecular weight is 267 g/mol. The molecule has 0 spiro atoms. The fourth-order valence-electron chi connectivity index (χ4n) is 1.38. The average Bonchev–Trinajstić information content (AvgIpc) is 2.20. The third kappa shape index (κ3) is 4.42. The van der Waals surface area contributed by atoms with Crippen molar-refractivity contribution in [2.75, 3.05) is 19.8 Å². The highest BCUT2D eigenvalue weighted by Crippen LogP contribution is 2.26. The van der Waals surface area contributed by atoms with E-state index in [0.717, 1.165) is 0 Å². The maximum atomic E-state index is 5.76. The van der Waals surface area contributed by atoms with Crippen molar-refractivity contribution in [1.29, 1.82) is 0 Å². The topological polar surface area (TPSA) is 27.7 Å². The van der Waals surface area contributed by atoms with E-state index in [9.17, 15) is 0 Å². The molecule has 0 fully saturated rings. The third-order valence-electron chi connectivity index (χ3n) is 1.97. The van der Waals surface area contributed by atoms with E-state index in [1.807, 2.05) is 26.8 Å². The maximum absolute atomic E-state index is 5.76. The summed E-state index contributed by atoms with van der Waals surface area (Å²) in [6.45, 7) is 11.5. The second kappa shape index (κ2) is 8.54. The lowest BCUT2D eigenvalue weighted by Crippen LogP contribution is -2.51. The van der Waals surface area contributed by atoms with E-state index < -0.39 is 17.5 Å². The van der Waals surface area contributed by atoms with Gasteiger partial charge in [-0.1, -0.05) is 6.08 Å². The molecule has 0 saturated heterocycles. The lowest BCUT2D eigenvalue weighted by atomic mass is 10.7. The van der Waals surface area contributed by atoms with Gasteiger partial charge in [-0.2, -0.15) is 0 Å². The van der Waals surface area contributed by atoms with E-state index in [-0.39, 0.29) is 5.16 Å². The van der Waals surface area contributed by atoms with Crippen LogP contribution in [0.4, 0.5) is 0 Å². The van der Waals surface area contributed by atoms with Gasteiger partial charge in [-0.15, -0.1) is 6.58 Å². The molecule has 0 aliphatic rings. The fourth-order valence-corrected chi connectivity index (χ4v) is 8.33. The molecule has 0 bridgehead atoms. The van der Waals surface area contributed by atoms with Crippen molar-refractivity contribution in [3.63, 3.8) is 0 Å². The van der Waals surface area contributed by atoms with Crippen LogP contribution in [0.5, 0.6) is 0 Å². The van der Waals surface area contributed by atoms with E-state index in [1.165, 1.54) is 0 Å². The Morgan fingerprint density at radius 1 is 1.20 bits per heavy atom. The first-order chi connectivity index (χ1) is 7.20. The summed E-state index contributed by atoms with van der Waals surface area (Å²) in [5, 5.41) is 0.195. The van der Waals surface area contributed by atoms with Crippen molar-refractivity contribution < 1.29 is 13.3 Å². The SMILES string of the molecule is C=CC([SiH2]S)[Si](OCC)(OCC)OCC. The van der Waals surface area contributed by atoms with Crippen molar-refractivity contribution in [1.82, 2.24) is 0 Å². The summed E-state index contributed by atoms with van der Waals surface area (Å²) in [6.07, 6.45) is 1.88. The lowest BCUT2D eigenvalue weighted by molar-refractivity contribution is 0.0713. The largest absolute Gasteiger partial charge is 0.505 e. The van der Waals surface area contributed by atoms with Crippen LogP contribution in [0.2, 0.25) is 5.16 Å². The van der Waals surface area contributed by atoms with Crippen LogP contribution in [-0.4, -0.2) is 37.3 Å². The zero-order valence-electron chi connectivity index (χ0n) is 9.86. The Bertz CT molecular complexity index is 164. The van der Waals surface area contributed by atoms with E-state index in [1.54, 1.807) is 0 Å². The standard InChI is InChI=1S/C9H22O3SSi2/c1-5-9(14-13)15(10-6-2,11-7-3)12-8-4/h5,9,13H,1,6-8,14H2,2-4H3. The van der Waals surface area contributed by atoms with Gasteiger partial charge in [0.1, 0.15) is 0 Å². The van der Waals surface area contributed by atoms with Crippen LogP contribution >= 0.6 is 12.1 Å². The molecule has 0 N–H and O–H groups in total. The molecule has 0 saturated carbocycles. The van der Waals surface area contributed by atoms with Crippen molar-refractivity contribution in [3.05, 3.63) is 12.7 Å². The Kier molecular flexibility index (Phi) is 8.77. The fraction of sp³-hybridized carbons (Fsp3) is 0.778. The van der Waals surface area contributed by atoms with Gasteiger partial charge in [0.15, 0.2) is 0 Å². The molecule has 90 valence electrons. The van der Waals surface area contributed by atoms with Crippen LogP contribution in [0.3, 0.4) is 0 Å². The van der Waals surface area contributed by atoms with Crippen LogP contribution in [0.25, 0.3) is 0 Å². The van der Waals surface area contributed by atoms with Crippen molar-refractivity contribution in [2.24, 2.45) is 0 Å². The second-order valence-corrected chi connectivity index (χ2v) is 8.90. The molecular formula is C9H22O3SSi2. The summed E-state index contributed by atoms with van der Waals surface area (Å²) >= 11 is 4.43. The predicted molar refractivity (Wildman–Crippen MR) is 72.1 cm³/mol. The molecule has 1 atom stereocenters. The predicted octanol–water partition coefficient (Wildman–Crippen LogP) is 1.56. The minimum absolute atomic E-state index is 0.195. The van der Waals surface area contributed by atoms with Crippen molar-refractivity contribution >= 4 is 29.6 Å². The highest BCUT2D eigenvalue weighted by atomic mass is 32.3. The Labute approximate surface area is 101 Å². The minimum Gasteiger partial charge on any atom is -0.374 e. The van der Waals surface area contributed by atoms with Gasteiger partial charge in [-0.05, 0) is 20.8 Å². The molecule has 0 aromatic heterocycles. The molecule has 15 heavy (non-hydrogen) atoms. The monoisotopic (exact) mass is 266 g/mol. The molecule has 0 rings (SSSR count).